The minimum Gasteiger partial charge on any atom is -0.303 e. The number of ketones is 1. The van der Waals surface area contributed by atoms with E-state index in [1.807, 2.05) is 36.7 Å². The summed E-state index contributed by atoms with van der Waals surface area (Å²) in [6.07, 6.45) is 3.45. The zero-order chi connectivity index (χ0) is 19.6. The van der Waals surface area contributed by atoms with Gasteiger partial charge in [0.15, 0.2) is 0 Å². The highest BCUT2D eigenvalue weighted by atomic mass is 16.1. The third kappa shape index (κ3) is 3.47. The number of Topliss-reactive ketones (excluding diaryl/α,β-unsaturated/α-hetero) is 1. The van der Waals surface area contributed by atoms with E-state index in [4.69, 9.17) is 0 Å². The smallest absolute Gasteiger partial charge is 0.203 e. The summed E-state index contributed by atoms with van der Waals surface area (Å²) in [5.41, 5.74) is 3.47. The number of nitrogens with zero attached hydrogens (tertiary/aromatic N) is 4. The molecule has 5 nitrogen and oxygen atoms in total. The molecule has 0 aliphatic carbocycles. The Morgan fingerprint density at radius 2 is 1.89 bits per heavy atom. The van der Waals surface area contributed by atoms with Gasteiger partial charge in [0.05, 0.1) is 6.20 Å². The fraction of sp³-hybridized carbons (Fsp3) is 0.227. The number of carbonyl (C=O) groups is 1. The first-order chi connectivity index (χ1) is 12.9. The summed E-state index contributed by atoms with van der Waals surface area (Å²) in [6, 6.07) is 15.1. The van der Waals surface area contributed by atoms with Crippen molar-refractivity contribution in [3.8, 4) is 11.9 Å². The molecular formula is C22H22N4O. The van der Waals surface area contributed by atoms with Crippen molar-refractivity contribution in [1.82, 2.24) is 14.3 Å². The van der Waals surface area contributed by atoms with Crippen LogP contribution in [0.5, 0.6) is 0 Å². The van der Waals surface area contributed by atoms with E-state index in [0.717, 1.165) is 22.8 Å². The summed E-state index contributed by atoms with van der Waals surface area (Å²) in [7, 11) is 0. The van der Waals surface area contributed by atoms with Crippen LogP contribution in [0.25, 0.3) is 11.9 Å². The number of carbonyl (C=O) groups excluding carboxylic acids is 1. The van der Waals surface area contributed by atoms with Gasteiger partial charge < -0.3 is 4.57 Å². The predicted octanol–water partition coefficient (Wildman–Crippen LogP) is 4.66. The maximum Gasteiger partial charge on any atom is 0.203 e. The van der Waals surface area contributed by atoms with Crippen molar-refractivity contribution in [2.75, 3.05) is 0 Å². The van der Waals surface area contributed by atoms with Crippen molar-refractivity contribution in [3.63, 3.8) is 0 Å². The Labute approximate surface area is 159 Å². The molecule has 0 radical (unpaired) electrons. The zero-order valence-electron chi connectivity index (χ0n) is 16.0. The Morgan fingerprint density at radius 1 is 1.19 bits per heavy atom. The van der Waals surface area contributed by atoms with Crippen LogP contribution in [-0.4, -0.2) is 20.1 Å². The van der Waals surface area contributed by atoms with Crippen molar-refractivity contribution in [2.45, 2.75) is 33.7 Å². The third-order valence-corrected chi connectivity index (χ3v) is 4.54. The van der Waals surface area contributed by atoms with Gasteiger partial charge in [0.2, 0.25) is 5.78 Å². The van der Waals surface area contributed by atoms with Crippen molar-refractivity contribution in [1.29, 1.82) is 5.26 Å². The van der Waals surface area contributed by atoms with Crippen molar-refractivity contribution >= 4 is 11.9 Å². The zero-order valence-corrected chi connectivity index (χ0v) is 16.0. The maximum atomic E-state index is 12.6. The molecule has 0 aliphatic heterocycles. The van der Waals surface area contributed by atoms with E-state index in [1.165, 1.54) is 0 Å². The molecule has 5 heteroatoms. The molecule has 2 heterocycles. The maximum absolute atomic E-state index is 12.6. The van der Waals surface area contributed by atoms with Crippen LogP contribution in [0, 0.1) is 25.2 Å². The molecule has 0 saturated heterocycles. The molecule has 0 fully saturated rings. The number of aryl methyl sites for hydroxylation is 1. The van der Waals surface area contributed by atoms with Crippen LogP contribution in [0.1, 0.15) is 47.2 Å². The highest BCUT2D eigenvalue weighted by molar-refractivity contribution is 6.14. The average molecular weight is 358 g/mol. The summed E-state index contributed by atoms with van der Waals surface area (Å²) in [6.45, 7) is 8.15. The van der Waals surface area contributed by atoms with Crippen LogP contribution in [-0.2, 0) is 0 Å². The second-order valence-electron chi connectivity index (χ2n) is 6.75. The second kappa shape index (κ2) is 7.46. The van der Waals surface area contributed by atoms with Crippen molar-refractivity contribution < 1.29 is 4.79 Å². The molecule has 136 valence electrons. The van der Waals surface area contributed by atoms with E-state index in [1.54, 1.807) is 36.5 Å². The number of nitriles is 1. The largest absolute Gasteiger partial charge is 0.303 e. The lowest BCUT2D eigenvalue weighted by Gasteiger charge is -2.15. The van der Waals surface area contributed by atoms with Gasteiger partial charge in [0.1, 0.15) is 17.5 Å². The SMILES string of the molecule is Cc1cc(/C=C(\C#N)C(=O)c2ccccc2)c(C)n1-c1ccnn1C(C)C. The second-order valence-corrected chi connectivity index (χ2v) is 6.75. The number of hydrogen-bond donors (Lipinski definition) is 0. The number of benzene rings is 1. The van der Waals surface area contributed by atoms with Gasteiger partial charge >= 0.3 is 0 Å². The fourth-order valence-corrected chi connectivity index (χ4v) is 3.22. The van der Waals surface area contributed by atoms with Gasteiger partial charge in [-0.1, -0.05) is 30.3 Å². The molecule has 3 aromatic rings. The molecule has 1 aromatic carbocycles. The molecular weight excluding hydrogens is 336 g/mol. The van der Waals surface area contributed by atoms with Gasteiger partial charge in [-0.05, 0) is 45.4 Å². The number of hydrogen-bond acceptors (Lipinski definition) is 3. The summed E-state index contributed by atoms with van der Waals surface area (Å²) in [5.74, 6) is 0.697. The Kier molecular flexibility index (Phi) is 5.09. The van der Waals surface area contributed by atoms with E-state index < -0.39 is 0 Å². The molecule has 0 atom stereocenters. The Hall–Kier alpha value is -3.39. The number of rotatable bonds is 5. The predicted molar refractivity (Wildman–Crippen MR) is 106 cm³/mol. The first kappa shape index (κ1) is 18.4. The number of aromatic nitrogens is 3. The van der Waals surface area contributed by atoms with Crippen molar-refractivity contribution in [2.24, 2.45) is 0 Å². The summed E-state index contributed by atoms with van der Waals surface area (Å²) >= 11 is 0. The molecule has 0 spiro atoms. The van der Waals surface area contributed by atoms with Gasteiger partial charge in [0, 0.05) is 29.1 Å². The summed E-state index contributed by atoms with van der Waals surface area (Å²) in [4.78, 5) is 12.6. The molecule has 0 bridgehead atoms. The molecule has 0 amide bonds. The number of allylic oxidation sites excluding steroid dienone is 1. The van der Waals surface area contributed by atoms with Crippen LogP contribution < -0.4 is 0 Å². The van der Waals surface area contributed by atoms with Gasteiger partial charge in [-0.25, -0.2) is 4.68 Å². The molecule has 0 aliphatic rings. The van der Waals surface area contributed by atoms with Gasteiger partial charge in [-0.3, -0.25) is 4.79 Å². The summed E-state index contributed by atoms with van der Waals surface area (Å²) < 4.78 is 4.05. The van der Waals surface area contributed by atoms with E-state index >= 15 is 0 Å². The van der Waals surface area contributed by atoms with Crippen LogP contribution in [0.15, 0.2) is 54.2 Å². The van der Waals surface area contributed by atoms with Gasteiger partial charge in [0.25, 0.3) is 0 Å². The molecule has 0 saturated carbocycles. The van der Waals surface area contributed by atoms with Crippen molar-refractivity contribution in [3.05, 3.63) is 76.7 Å². The van der Waals surface area contributed by atoms with E-state index in [2.05, 4.69) is 29.6 Å². The highest BCUT2D eigenvalue weighted by Gasteiger charge is 2.17. The van der Waals surface area contributed by atoms with Gasteiger partial charge in [-0.2, -0.15) is 10.4 Å². The van der Waals surface area contributed by atoms with Gasteiger partial charge in [-0.15, -0.1) is 0 Å². The molecule has 27 heavy (non-hydrogen) atoms. The minimum atomic E-state index is -0.268. The average Bonchev–Trinajstić information content (AvgIpc) is 3.24. The lowest BCUT2D eigenvalue weighted by atomic mass is 10.0. The Morgan fingerprint density at radius 3 is 2.52 bits per heavy atom. The van der Waals surface area contributed by atoms with Crippen LogP contribution >= 0.6 is 0 Å². The molecule has 2 aromatic heterocycles. The monoisotopic (exact) mass is 358 g/mol. The first-order valence-electron chi connectivity index (χ1n) is 8.88. The van der Waals surface area contributed by atoms with E-state index in [0.29, 0.717) is 5.56 Å². The van der Waals surface area contributed by atoms with E-state index in [-0.39, 0.29) is 17.4 Å². The lowest BCUT2D eigenvalue weighted by molar-refractivity contribution is 0.104. The summed E-state index contributed by atoms with van der Waals surface area (Å²) in [5, 5.41) is 13.9. The van der Waals surface area contributed by atoms with Crippen LogP contribution in [0.3, 0.4) is 0 Å². The molecule has 0 unspecified atom stereocenters. The lowest BCUT2D eigenvalue weighted by Crippen LogP contribution is -2.11. The first-order valence-corrected chi connectivity index (χ1v) is 8.88. The van der Waals surface area contributed by atoms with E-state index in [9.17, 15) is 10.1 Å². The highest BCUT2D eigenvalue weighted by Crippen LogP contribution is 2.24. The normalized spacial score (nSPS) is 11.6. The Bertz CT molecular complexity index is 1050. The Balaban J connectivity index is 2.06. The standard InChI is InChI=1S/C22H22N4O/c1-15(2)26-21(10-11-24-26)25-16(3)12-19(17(25)4)13-20(14-23)22(27)18-8-6-5-7-9-18/h5-13,15H,1-4H3/b20-13+. The fourth-order valence-electron chi connectivity index (χ4n) is 3.22. The van der Waals surface area contributed by atoms with Crippen LogP contribution in [0.4, 0.5) is 0 Å². The third-order valence-electron chi connectivity index (χ3n) is 4.54. The topological polar surface area (TPSA) is 63.6 Å². The molecule has 3 rings (SSSR count). The minimum absolute atomic E-state index is 0.124. The molecule has 0 N–H and O–H groups in total. The quantitative estimate of drug-likeness (QED) is 0.378. The van der Waals surface area contributed by atoms with Crippen LogP contribution in [0.2, 0.25) is 0 Å².